The monoisotopic (exact) mass is 401 g/mol. The molecule has 4 fully saturated rings. The largest absolute Gasteiger partial charge is 0.300 e. The zero-order valence-electron chi connectivity index (χ0n) is 20.7. The van der Waals surface area contributed by atoms with Crippen molar-refractivity contribution in [1.82, 2.24) is 4.90 Å². The third-order valence-corrected chi connectivity index (χ3v) is 11.0. The lowest BCUT2D eigenvalue weighted by molar-refractivity contribution is -0.129. The minimum atomic E-state index is 0.611. The second-order valence-corrected chi connectivity index (χ2v) is 12.7. The third kappa shape index (κ3) is 3.74. The van der Waals surface area contributed by atoms with E-state index in [4.69, 9.17) is 0 Å². The highest BCUT2D eigenvalue weighted by atomic mass is 15.2. The fourth-order valence-corrected chi connectivity index (χ4v) is 9.61. The molecular formula is C28H51N. The Morgan fingerprint density at radius 2 is 1.62 bits per heavy atom. The first-order chi connectivity index (χ1) is 13.8. The normalized spacial score (nSPS) is 46.2. The van der Waals surface area contributed by atoms with Gasteiger partial charge in [0, 0.05) is 6.04 Å². The average molecular weight is 402 g/mol. The van der Waals surface area contributed by atoms with E-state index in [-0.39, 0.29) is 0 Å². The Morgan fingerprint density at radius 1 is 0.862 bits per heavy atom. The van der Waals surface area contributed by atoms with E-state index < -0.39 is 0 Å². The molecule has 4 aliphatic rings. The summed E-state index contributed by atoms with van der Waals surface area (Å²) in [7, 11) is 0. The molecule has 1 heteroatoms. The summed E-state index contributed by atoms with van der Waals surface area (Å²) in [6, 6.07) is 0.888. The summed E-state index contributed by atoms with van der Waals surface area (Å²) in [6.07, 6.45) is 16.5. The van der Waals surface area contributed by atoms with Crippen molar-refractivity contribution in [2.45, 2.75) is 118 Å². The summed E-state index contributed by atoms with van der Waals surface area (Å²) in [6.45, 7) is 17.9. The topological polar surface area (TPSA) is 3.24 Å². The zero-order valence-corrected chi connectivity index (χ0v) is 20.7. The van der Waals surface area contributed by atoms with E-state index in [1.54, 1.807) is 6.42 Å². The summed E-state index contributed by atoms with van der Waals surface area (Å²) < 4.78 is 0. The van der Waals surface area contributed by atoms with Crippen LogP contribution in [0.25, 0.3) is 0 Å². The number of fused-ring (bicyclic) bond motifs is 5. The zero-order chi connectivity index (χ0) is 20.8. The van der Waals surface area contributed by atoms with Gasteiger partial charge >= 0.3 is 0 Å². The molecule has 0 N–H and O–H groups in total. The van der Waals surface area contributed by atoms with Gasteiger partial charge in [-0.1, -0.05) is 60.8 Å². The van der Waals surface area contributed by atoms with Crippen LogP contribution in [-0.4, -0.2) is 24.0 Å². The van der Waals surface area contributed by atoms with E-state index in [1.807, 2.05) is 0 Å². The van der Waals surface area contributed by atoms with Crippen LogP contribution in [-0.2, 0) is 0 Å². The molecule has 1 heterocycles. The molecule has 1 aliphatic heterocycles. The molecule has 1 saturated heterocycles. The molecular weight excluding hydrogens is 350 g/mol. The molecule has 3 aliphatic carbocycles. The molecule has 8 unspecified atom stereocenters. The van der Waals surface area contributed by atoms with E-state index in [0.717, 1.165) is 41.5 Å². The highest BCUT2D eigenvalue weighted by Gasteiger charge is 2.60. The summed E-state index contributed by atoms with van der Waals surface area (Å²) in [5.41, 5.74) is 1.26. The maximum absolute atomic E-state index is 2.86. The Hall–Kier alpha value is -0.0400. The standard InChI is InChI=1S/C28H51N/c1-7-29-19-9-17-28(6)25-16-18-27(5)23(21(4)11-8-10-20(2)3)13-14-24(27)22(25)12-15-26(28)29/h20-26H,7-19H2,1-6H3. The van der Waals surface area contributed by atoms with Crippen LogP contribution in [0.5, 0.6) is 0 Å². The minimum absolute atomic E-state index is 0.611. The van der Waals surface area contributed by atoms with Gasteiger partial charge in [-0.15, -0.1) is 0 Å². The van der Waals surface area contributed by atoms with Gasteiger partial charge < -0.3 is 4.90 Å². The predicted molar refractivity (Wildman–Crippen MR) is 126 cm³/mol. The van der Waals surface area contributed by atoms with Crippen molar-refractivity contribution in [3.8, 4) is 0 Å². The van der Waals surface area contributed by atoms with E-state index in [9.17, 15) is 0 Å². The second kappa shape index (κ2) is 8.48. The van der Waals surface area contributed by atoms with Crippen LogP contribution in [0.15, 0.2) is 0 Å². The fourth-order valence-electron chi connectivity index (χ4n) is 9.61. The Bertz CT molecular complexity index is 555. The molecule has 4 rings (SSSR count). The fraction of sp³-hybridized carbons (Fsp3) is 1.00. The molecule has 0 bridgehead atoms. The highest BCUT2D eigenvalue weighted by molar-refractivity contribution is 5.11. The number of hydrogen-bond donors (Lipinski definition) is 0. The molecule has 168 valence electrons. The molecule has 0 aromatic heterocycles. The number of piperidine rings is 1. The molecule has 0 amide bonds. The van der Waals surface area contributed by atoms with Crippen molar-refractivity contribution < 1.29 is 0 Å². The molecule has 3 saturated carbocycles. The lowest BCUT2D eigenvalue weighted by atomic mass is 9.46. The summed E-state index contributed by atoms with van der Waals surface area (Å²) in [5, 5.41) is 0. The molecule has 0 aromatic carbocycles. The van der Waals surface area contributed by atoms with E-state index in [1.165, 1.54) is 77.3 Å². The van der Waals surface area contributed by atoms with Crippen molar-refractivity contribution in [2.75, 3.05) is 13.1 Å². The number of rotatable bonds is 6. The molecule has 0 aromatic rings. The lowest BCUT2D eigenvalue weighted by Crippen LogP contribution is -2.60. The van der Waals surface area contributed by atoms with Crippen LogP contribution in [0.2, 0.25) is 0 Å². The van der Waals surface area contributed by atoms with Gasteiger partial charge in [0.2, 0.25) is 0 Å². The van der Waals surface area contributed by atoms with Crippen molar-refractivity contribution in [1.29, 1.82) is 0 Å². The van der Waals surface area contributed by atoms with Crippen molar-refractivity contribution in [2.24, 2.45) is 46.3 Å². The Morgan fingerprint density at radius 3 is 2.34 bits per heavy atom. The molecule has 1 nitrogen and oxygen atoms in total. The number of nitrogens with zero attached hydrogens (tertiary/aromatic N) is 1. The van der Waals surface area contributed by atoms with Crippen LogP contribution in [0.4, 0.5) is 0 Å². The van der Waals surface area contributed by atoms with E-state index >= 15 is 0 Å². The maximum Gasteiger partial charge on any atom is 0.0152 e. The Balaban J connectivity index is 1.48. The van der Waals surface area contributed by atoms with Gasteiger partial charge in [0.05, 0.1) is 0 Å². The van der Waals surface area contributed by atoms with Crippen LogP contribution in [0.1, 0.15) is 112 Å². The van der Waals surface area contributed by atoms with Crippen LogP contribution < -0.4 is 0 Å². The second-order valence-electron chi connectivity index (χ2n) is 12.7. The van der Waals surface area contributed by atoms with Gasteiger partial charge in [-0.2, -0.15) is 0 Å². The van der Waals surface area contributed by atoms with Crippen LogP contribution in [0.3, 0.4) is 0 Å². The highest BCUT2D eigenvalue weighted by Crippen LogP contribution is 2.67. The van der Waals surface area contributed by atoms with Gasteiger partial charge in [-0.3, -0.25) is 0 Å². The first kappa shape index (κ1) is 22.2. The summed E-state index contributed by atoms with van der Waals surface area (Å²) >= 11 is 0. The maximum atomic E-state index is 2.86. The first-order valence-electron chi connectivity index (χ1n) is 13.5. The quantitative estimate of drug-likeness (QED) is 0.439. The molecule has 8 atom stereocenters. The van der Waals surface area contributed by atoms with Crippen molar-refractivity contribution >= 4 is 0 Å². The smallest absolute Gasteiger partial charge is 0.0152 e. The van der Waals surface area contributed by atoms with Gasteiger partial charge in [0.25, 0.3) is 0 Å². The van der Waals surface area contributed by atoms with Crippen LogP contribution >= 0.6 is 0 Å². The first-order valence-corrected chi connectivity index (χ1v) is 13.5. The lowest BCUT2D eigenvalue weighted by Gasteiger charge is -2.62. The number of likely N-dealkylation sites (tertiary alicyclic amines) is 1. The van der Waals surface area contributed by atoms with Gasteiger partial charge in [0.1, 0.15) is 0 Å². The minimum Gasteiger partial charge on any atom is -0.300 e. The Labute approximate surface area is 182 Å². The van der Waals surface area contributed by atoms with Gasteiger partial charge in [-0.25, -0.2) is 0 Å². The number of hydrogen-bond acceptors (Lipinski definition) is 1. The average Bonchev–Trinajstić information content (AvgIpc) is 3.03. The van der Waals surface area contributed by atoms with Crippen molar-refractivity contribution in [3.63, 3.8) is 0 Å². The molecule has 29 heavy (non-hydrogen) atoms. The van der Waals surface area contributed by atoms with Crippen molar-refractivity contribution in [3.05, 3.63) is 0 Å². The summed E-state index contributed by atoms with van der Waals surface area (Å²) in [4.78, 5) is 2.86. The van der Waals surface area contributed by atoms with Crippen LogP contribution in [0, 0.1) is 46.3 Å². The van der Waals surface area contributed by atoms with Gasteiger partial charge in [-0.05, 0) is 111 Å². The molecule has 0 spiro atoms. The summed E-state index contributed by atoms with van der Waals surface area (Å²) in [5.74, 6) is 5.91. The van der Waals surface area contributed by atoms with Gasteiger partial charge in [0.15, 0.2) is 0 Å². The third-order valence-electron chi connectivity index (χ3n) is 11.0. The molecule has 0 radical (unpaired) electrons. The SMILES string of the molecule is CCN1CCCC2(C)C3CCC4(C)C(C(C)CCCC(C)C)CCC4C3CCC12. The Kier molecular flexibility index (Phi) is 6.48. The van der Waals surface area contributed by atoms with E-state index in [2.05, 4.69) is 46.4 Å². The predicted octanol–water partition coefficient (Wildman–Crippen LogP) is 7.79. The van der Waals surface area contributed by atoms with E-state index in [0.29, 0.717) is 10.8 Å².